The molecule has 1 aliphatic rings. The number of phenolic OH excluding ortho intramolecular Hbond substituents is 1. The van der Waals surface area contributed by atoms with E-state index < -0.39 is 0 Å². The third kappa shape index (κ3) is 2.71. The fraction of sp³-hybridized carbons (Fsp3) is 0.625. The van der Waals surface area contributed by atoms with Crippen LogP contribution in [0.25, 0.3) is 0 Å². The van der Waals surface area contributed by atoms with E-state index in [0.29, 0.717) is 17.1 Å². The van der Waals surface area contributed by atoms with Gasteiger partial charge in [-0.1, -0.05) is 26.8 Å². The summed E-state index contributed by atoms with van der Waals surface area (Å²) in [5, 5.41) is 9.75. The molecule has 2 rings (SSSR count). The SMILES string of the molecule is COc1c(CN2CC(C)C(C)(C)C2)ccc(O)c1C. The number of aromatic hydroxyl groups is 1. The van der Waals surface area contributed by atoms with Crippen molar-refractivity contribution >= 4 is 0 Å². The first kappa shape index (κ1) is 14.2. The second-order valence-electron chi connectivity index (χ2n) is 6.46. The standard InChI is InChI=1S/C16H25NO2/c1-11-8-17(10-16(11,3)4)9-13-6-7-14(18)12(2)15(13)19-5/h6-7,11,18H,8-10H2,1-5H3. The Balaban J connectivity index is 2.19. The molecule has 0 radical (unpaired) electrons. The van der Waals surface area contributed by atoms with Crippen molar-refractivity contribution < 1.29 is 9.84 Å². The fourth-order valence-corrected chi connectivity index (χ4v) is 2.94. The van der Waals surface area contributed by atoms with Gasteiger partial charge in [-0.3, -0.25) is 4.90 Å². The summed E-state index contributed by atoms with van der Waals surface area (Å²) in [6.07, 6.45) is 0. The van der Waals surface area contributed by atoms with Crippen LogP contribution in [0.2, 0.25) is 0 Å². The maximum atomic E-state index is 9.75. The molecule has 1 saturated heterocycles. The highest BCUT2D eigenvalue weighted by Gasteiger charge is 2.36. The van der Waals surface area contributed by atoms with E-state index in [2.05, 4.69) is 25.7 Å². The molecule has 106 valence electrons. The minimum Gasteiger partial charge on any atom is -0.508 e. The van der Waals surface area contributed by atoms with Crippen LogP contribution in [-0.2, 0) is 6.54 Å². The molecule has 0 spiro atoms. The quantitative estimate of drug-likeness (QED) is 0.909. The molecule has 3 heteroatoms. The molecule has 1 atom stereocenters. The van der Waals surface area contributed by atoms with Gasteiger partial charge in [0, 0.05) is 30.8 Å². The maximum Gasteiger partial charge on any atom is 0.129 e. The number of hydrogen-bond acceptors (Lipinski definition) is 3. The van der Waals surface area contributed by atoms with Crippen molar-refractivity contribution in [3.8, 4) is 11.5 Å². The van der Waals surface area contributed by atoms with Gasteiger partial charge in [-0.2, -0.15) is 0 Å². The first-order valence-corrected chi connectivity index (χ1v) is 6.93. The normalized spacial score (nSPS) is 22.7. The molecule has 0 saturated carbocycles. The fourth-order valence-electron chi connectivity index (χ4n) is 2.94. The lowest BCUT2D eigenvalue weighted by Crippen LogP contribution is -2.23. The van der Waals surface area contributed by atoms with Crippen molar-refractivity contribution in [1.82, 2.24) is 4.90 Å². The molecule has 0 aromatic heterocycles. The molecule has 3 nitrogen and oxygen atoms in total. The third-order valence-corrected chi connectivity index (χ3v) is 4.55. The van der Waals surface area contributed by atoms with Crippen LogP contribution >= 0.6 is 0 Å². The molecule has 1 heterocycles. The smallest absolute Gasteiger partial charge is 0.129 e. The average Bonchev–Trinajstić information content (AvgIpc) is 2.58. The van der Waals surface area contributed by atoms with Crippen LogP contribution in [0.15, 0.2) is 12.1 Å². The molecule has 0 amide bonds. The van der Waals surface area contributed by atoms with Gasteiger partial charge in [0.1, 0.15) is 11.5 Å². The Morgan fingerprint density at radius 1 is 1.42 bits per heavy atom. The second kappa shape index (κ2) is 5.04. The Kier molecular flexibility index (Phi) is 3.77. The number of benzene rings is 1. The lowest BCUT2D eigenvalue weighted by molar-refractivity contribution is 0.271. The Morgan fingerprint density at radius 2 is 2.11 bits per heavy atom. The van der Waals surface area contributed by atoms with E-state index in [1.54, 1.807) is 13.2 Å². The molecule has 1 fully saturated rings. The van der Waals surface area contributed by atoms with E-state index >= 15 is 0 Å². The number of hydrogen-bond donors (Lipinski definition) is 1. The largest absolute Gasteiger partial charge is 0.508 e. The van der Waals surface area contributed by atoms with Gasteiger partial charge in [0.2, 0.25) is 0 Å². The first-order chi connectivity index (χ1) is 8.85. The monoisotopic (exact) mass is 263 g/mol. The highest BCUT2D eigenvalue weighted by atomic mass is 16.5. The highest BCUT2D eigenvalue weighted by molar-refractivity contribution is 5.48. The van der Waals surface area contributed by atoms with Crippen molar-refractivity contribution in [2.75, 3.05) is 20.2 Å². The van der Waals surface area contributed by atoms with Crippen LogP contribution in [0.5, 0.6) is 11.5 Å². The van der Waals surface area contributed by atoms with Gasteiger partial charge in [-0.15, -0.1) is 0 Å². The van der Waals surface area contributed by atoms with E-state index in [1.807, 2.05) is 13.0 Å². The van der Waals surface area contributed by atoms with Crippen molar-refractivity contribution in [2.24, 2.45) is 11.3 Å². The van der Waals surface area contributed by atoms with Crippen LogP contribution in [0.3, 0.4) is 0 Å². The van der Waals surface area contributed by atoms with Gasteiger partial charge < -0.3 is 9.84 Å². The summed E-state index contributed by atoms with van der Waals surface area (Å²) in [6, 6.07) is 3.73. The second-order valence-corrected chi connectivity index (χ2v) is 6.46. The van der Waals surface area contributed by atoms with Gasteiger partial charge in [-0.25, -0.2) is 0 Å². The zero-order valence-electron chi connectivity index (χ0n) is 12.7. The van der Waals surface area contributed by atoms with Gasteiger partial charge >= 0.3 is 0 Å². The van der Waals surface area contributed by atoms with Crippen LogP contribution < -0.4 is 4.74 Å². The Labute approximate surface area is 116 Å². The van der Waals surface area contributed by atoms with Crippen molar-refractivity contribution in [3.05, 3.63) is 23.3 Å². The molecule has 0 bridgehead atoms. The lowest BCUT2D eigenvalue weighted by atomic mass is 9.84. The molecule has 1 unspecified atom stereocenters. The number of nitrogens with zero attached hydrogens (tertiary/aromatic N) is 1. The summed E-state index contributed by atoms with van der Waals surface area (Å²) in [7, 11) is 1.67. The Hall–Kier alpha value is -1.22. The minimum atomic E-state index is 0.302. The van der Waals surface area contributed by atoms with Gasteiger partial charge in [0.25, 0.3) is 0 Å². The number of methoxy groups -OCH3 is 1. The van der Waals surface area contributed by atoms with E-state index in [4.69, 9.17) is 4.74 Å². The van der Waals surface area contributed by atoms with Crippen molar-refractivity contribution in [2.45, 2.75) is 34.2 Å². The number of likely N-dealkylation sites (tertiary alicyclic amines) is 1. The number of ether oxygens (including phenoxy) is 1. The summed E-state index contributed by atoms with van der Waals surface area (Å²) < 4.78 is 5.46. The van der Waals surface area contributed by atoms with Crippen LogP contribution in [0, 0.1) is 18.3 Å². The molecule has 1 N–H and O–H groups in total. The zero-order chi connectivity index (χ0) is 14.2. The van der Waals surface area contributed by atoms with Gasteiger partial charge in [0.05, 0.1) is 7.11 Å². The van der Waals surface area contributed by atoms with Crippen LogP contribution in [0.4, 0.5) is 0 Å². The van der Waals surface area contributed by atoms with E-state index in [0.717, 1.165) is 36.5 Å². The molecular weight excluding hydrogens is 238 g/mol. The predicted molar refractivity (Wildman–Crippen MR) is 77.6 cm³/mol. The van der Waals surface area contributed by atoms with Gasteiger partial charge in [0.15, 0.2) is 0 Å². The summed E-state index contributed by atoms with van der Waals surface area (Å²) in [6.45, 7) is 12.0. The molecule has 0 aliphatic carbocycles. The Morgan fingerprint density at radius 3 is 2.63 bits per heavy atom. The van der Waals surface area contributed by atoms with Crippen molar-refractivity contribution in [1.29, 1.82) is 0 Å². The number of phenols is 1. The molecule has 1 aliphatic heterocycles. The molecule has 1 aromatic carbocycles. The minimum absolute atomic E-state index is 0.302. The average molecular weight is 263 g/mol. The summed E-state index contributed by atoms with van der Waals surface area (Å²) in [4.78, 5) is 2.47. The summed E-state index contributed by atoms with van der Waals surface area (Å²) in [5.74, 6) is 1.82. The third-order valence-electron chi connectivity index (χ3n) is 4.55. The lowest BCUT2D eigenvalue weighted by Gasteiger charge is -2.23. The zero-order valence-corrected chi connectivity index (χ0v) is 12.7. The molecular formula is C16H25NO2. The topological polar surface area (TPSA) is 32.7 Å². The Bertz CT molecular complexity index is 468. The predicted octanol–water partition coefficient (Wildman–Crippen LogP) is 3.19. The van der Waals surface area contributed by atoms with Gasteiger partial charge in [-0.05, 0) is 24.3 Å². The summed E-state index contributed by atoms with van der Waals surface area (Å²) in [5.41, 5.74) is 2.35. The summed E-state index contributed by atoms with van der Waals surface area (Å²) >= 11 is 0. The number of rotatable bonds is 3. The van der Waals surface area contributed by atoms with Crippen LogP contribution in [0.1, 0.15) is 31.9 Å². The highest BCUT2D eigenvalue weighted by Crippen LogP contribution is 2.37. The van der Waals surface area contributed by atoms with Crippen LogP contribution in [-0.4, -0.2) is 30.2 Å². The maximum absolute atomic E-state index is 9.75. The molecule has 19 heavy (non-hydrogen) atoms. The van der Waals surface area contributed by atoms with E-state index in [1.165, 1.54) is 0 Å². The van der Waals surface area contributed by atoms with E-state index in [9.17, 15) is 5.11 Å². The molecule has 1 aromatic rings. The van der Waals surface area contributed by atoms with Crippen molar-refractivity contribution in [3.63, 3.8) is 0 Å². The first-order valence-electron chi connectivity index (χ1n) is 6.93. The van der Waals surface area contributed by atoms with E-state index in [-0.39, 0.29) is 0 Å².